The Balaban J connectivity index is 1.58. The number of carbonyl (C=O) groups is 1. The fourth-order valence-electron chi connectivity index (χ4n) is 3.26. The molecule has 1 N–H and O–H groups in total. The van der Waals surface area contributed by atoms with Crippen LogP contribution in [0.15, 0.2) is 47.8 Å². The first kappa shape index (κ1) is 21.1. The SMILES string of the molecule is CCOC(Cc1ccc(OCCn2c(C)ccc2-c2cc(C)cs2)cc1)C(=O)O. The molecule has 0 aliphatic rings. The smallest absolute Gasteiger partial charge is 0.333 e. The molecule has 6 heteroatoms. The van der Waals surface area contributed by atoms with Crippen LogP contribution in [0.4, 0.5) is 0 Å². The van der Waals surface area contributed by atoms with Crippen molar-refractivity contribution >= 4 is 17.3 Å². The lowest BCUT2D eigenvalue weighted by Gasteiger charge is -2.14. The van der Waals surface area contributed by atoms with Gasteiger partial charge in [0.2, 0.25) is 0 Å². The number of hydrogen-bond acceptors (Lipinski definition) is 4. The normalized spacial score (nSPS) is 12.1. The molecule has 0 bridgehead atoms. The third-order valence-electron chi connectivity index (χ3n) is 4.75. The number of ether oxygens (including phenoxy) is 2. The Morgan fingerprint density at radius 1 is 1.17 bits per heavy atom. The number of carboxylic acid groups (broad SMARTS) is 1. The third kappa shape index (κ3) is 5.49. The van der Waals surface area contributed by atoms with Crippen molar-refractivity contribution < 1.29 is 19.4 Å². The second kappa shape index (κ2) is 9.76. The van der Waals surface area contributed by atoms with Gasteiger partial charge in [0.15, 0.2) is 6.10 Å². The molecule has 1 aromatic carbocycles. The molecule has 0 aliphatic heterocycles. The van der Waals surface area contributed by atoms with E-state index in [1.807, 2.05) is 24.3 Å². The molecule has 0 aliphatic carbocycles. The Morgan fingerprint density at radius 3 is 2.55 bits per heavy atom. The van der Waals surface area contributed by atoms with E-state index in [9.17, 15) is 9.90 Å². The summed E-state index contributed by atoms with van der Waals surface area (Å²) in [6.07, 6.45) is -0.474. The van der Waals surface area contributed by atoms with Crippen LogP contribution in [-0.4, -0.2) is 35.0 Å². The highest BCUT2D eigenvalue weighted by Crippen LogP contribution is 2.28. The maximum Gasteiger partial charge on any atom is 0.333 e. The lowest BCUT2D eigenvalue weighted by atomic mass is 10.1. The second-order valence-electron chi connectivity index (χ2n) is 6.98. The minimum atomic E-state index is -0.939. The van der Waals surface area contributed by atoms with Crippen molar-refractivity contribution in [2.24, 2.45) is 0 Å². The van der Waals surface area contributed by atoms with Crippen LogP contribution in [-0.2, 0) is 22.5 Å². The van der Waals surface area contributed by atoms with Crippen molar-refractivity contribution in [2.45, 2.75) is 39.8 Å². The first-order chi connectivity index (χ1) is 14.0. The van der Waals surface area contributed by atoms with Gasteiger partial charge >= 0.3 is 5.97 Å². The number of hydrogen-bond donors (Lipinski definition) is 1. The van der Waals surface area contributed by atoms with Gasteiger partial charge in [0.25, 0.3) is 0 Å². The Kier molecular flexibility index (Phi) is 7.12. The van der Waals surface area contributed by atoms with Gasteiger partial charge in [0, 0.05) is 18.7 Å². The summed E-state index contributed by atoms with van der Waals surface area (Å²) >= 11 is 1.76. The van der Waals surface area contributed by atoms with Crippen molar-refractivity contribution in [3.8, 4) is 16.3 Å². The van der Waals surface area contributed by atoms with Gasteiger partial charge in [0.1, 0.15) is 12.4 Å². The van der Waals surface area contributed by atoms with Crippen LogP contribution >= 0.6 is 11.3 Å². The van der Waals surface area contributed by atoms with E-state index in [-0.39, 0.29) is 0 Å². The highest BCUT2D eigenvalue weighted by molar-refractivity contribution is 7.13. The molecule has 2 heterocycles. The molecule has 3 aromatic rings. The van der Waals surface area contributed by atoms with Gasteiger partial charge < -0.3 is 19.1 Å². The van der Waals surface area contributed by atoms with Crippen molar-refractivity contribution in [1.82, 2.24) is 4.57 Å². The summed E-state index contributed by atoms with van der Waals surface area (Å²) in [5.41, 5.74) is 4.62. The molecule has 0 saturated carbocycles. The van der Waals surface area contributed by atoms with Gasteiger partial charge in [0.05, 0.1) is 17.1 Å². The van der Waals surface area contributed by atoms with E-state index in [1.54, 1.807) is 18.3 Å². The zero-order valence-corrected chi connectivity index (χ0v) is 17.9. The van der Waals surface area contributed by atoms with Crippen molar-refractivity contribution in [1.29, 1.82) is 0 Å². The van der Waals surface area contributed by atoms with Crippen molar-refractivity contribution in [2.75, 3.05) is 13.2 Å². The summed E-state index contributed by atoms with van der Waals surface area (Å²) < 4.78 is 13.5. The molecule has 29 heavy (non-hydrogen) atoms. The van der Waals surface area contributed by atoms with Crippen molar-refractivity contribution in [3.05, 3.63) is 64.7 Å². The number of aromatic nitrogens is 1. The molecule has 0 fully saturated rings. The number of nitrogens with zero attached hydrogens (tertiary/aromatic N) is 1. The van der Waals surface area contributed by atoms with Crippen LogP contribution in [0.2, 0.25) is 0 Å². The van der Waals surface area contributed by atoms with E-state index in [0.717, 1.165) is 17.9 Å². The lowest BCUT2D eigenvalue weighted by Crippen LogP contribution is -2.26. The summed E-state index contributed by atoms with van der Waals surface area (Å²) in [7, 11) is 0. The molecule has 5 nitrogen and oxygen atoms in total. The minimum absolute atomic E-state index is 0.343. The maximum atomic E-state index is 11.2. The van der Waals surface area contributed by atoms with Gasteiger partial charge in [-0.25, -0.2) is 4.79 Å². The molecule has 154 valence electrons. The molecule has 0 spiro atoms. The number of thiophene rings is 1. The molecular formula is C23H27NO4S. The maximum absolute atomic E-state index is 11.2. The first-order valence-corrected chi connectivity index (χ1v) is 10.6. The largest absolute Gasteiger partial charge is 0.492 e. The van der Waals surface area contributed by atoms with Crippen LogP contribution in [0.1, 0.15) is 23.7 Å². The molecule has 0 amide bonds. The second-order valence-corrected chi connectivity index (χ2v) is 7.89. The van der Waals surface area contributed by atoms with Crippen molar-refractivity contribution in [3.63, 3.8) is 0 Å². The molecule has 0 saturated heterocycles. The third-order valence-corrected chi connectivity index (χ3v) is 5.82. The van der Waals surface area contributed by atoms with E-state index < -0.39 is 12.1 Å². The van der Waals surface area contributed by atoms with Gasteiger partial charge in [-0.1, -0.05) is 12.1 Å². The Hall–Kier alpha value is -2.57. The fourth-order valence-corrected chi connectivity index (χ4v) is 4.19. The van der Waals surface area contributed by atoms with Crippen LogP contribution in [0.5, 0.6) is 5.75 Å². The van der Waals surface area contributed by atoms with Gasteiger partial charge in [-0.2, -0.15) is 0 Å². The summed E-state index contributed by atoms with van der Waals surface area (Å²) in [5.74, 6) is -0.165. The van der Waals surface area contributed by atoms with Crippen LogP contribution in [0, 0.1) is 13.8 Å². The summed E-state index contributed by atoms with van der Waals surface area (Å²) in [4.78, 5) is 12.5. The minimum Gasteiger partial charge on any atom is -0.492 e. The molecular weight excluding hydrogens is 386 g/mol. The average molecular weight is 414 g/mol. The van der Waals surface area contributed by atoms with E-state index in [2.05, 4.69) is 42.0 Å². The Bertz CT molecular complexity index is 942. The molecule has 1 atom stereocenters. The highest BCUT2D eigenvalue weighted by atomic mass is 32.1. The summed E-state index contributed by atoms with van der Waals surface area (Å²) in [6, 6.07) is 14.1. The quantitative estimate of drug-likeness (QED) is 0.511. The molecule has 0 radical (unpaired) electrons. The predicted molar refractivity (Wildman–Crippen MR) is 116 cm³/mol. The number of rotatable bonds is 10. The Labute approximate surface area is 175 Å². The number of aryl methyl sites for hydroxylation is 2. The highest BCUT2D eigenvalue weighted by Gasteiger charge is 2.17. The zero-order chi connectivity index (χ0) is 20.8. The summed E-state index contributed by atoms with van der Waals surface area (Å²) in [5, 5.41) is 11.4. The van der Waals surface area contributed by atoms with E-state index in [1.165, 1.54) is 21.8 Å². The van der Waals surface area contributed by atoms with Crippen LogP contribution in [0.3, 0.4) is 0 Å². The lowest BCUT2D eigenvalue weighted by molar-refractivity contribution is -0.149. The monoisotopic (exact) mass is 413 g/mol. The molecule has 2 aromatic heterocycles. The fraction of sp³-hybridized carbons (Fsp3) is 0.348. The number of carboxylic acids is 1. The predicted octanol–water partition coefficient (Wildman–Crippen LogP) is 4.94. The average Bonchev–Trinajstić information content (AvgIpc) is 3.28. The molecule has 3 rings (SSSR count). The number of benzene rings is 1. The summed E-state index contributed by atoms with van der Waals surface area (Å²) in [6.45, 7) is 7.71. The van der Waals surface area contributed by atoms with Gasteiger partial charge in [-0.3, -0.25) is 0 Å². The van der Waals surface area contributed by atoms with E-state index in [4.69, 9.17) is 9.47 Å². The van der Waals surface area contributed by atoms with Gasteiger partial charge in [-0.05, 0) is 67.6 Å². The van der Waals surface area contributed by atoms with Crippen LogP contribution < -0.4 is 4.74 Å². The number of aliphatic carboxylic acids is 1. The first-order valence-electron chi connectivity index (χ1n) is 9.75. The standard InChI is InChI=1S/C23H27NO4S/c1-4-27-21(23(25)26)14-18-6-8-19(9-7-18)28-12-11-24-17(3)5-10-20(24)22-13-16(2)15-29-22/h5-10,13,15,21H,4,11-12,14H2,1-3H3,(H,25,26). The Morgan fingerprint density at radius 2 is 1.93 bits per heavy atom. The van der Waals surface area contributed by atoms with Crippen LogP contribution in [0.25, 0.3) is 10.6 Å². The zero-order valence-electron chi connectivity index (χ0n) is 17.1. The van der Waals surface area contributed by atoms with E-state index in [0.29, 0.717) is 19.6 Å². The van der Waals surface area contributed by atoms with E-state index >= 15 is 0 Å². The topological polar surface area (TPSA) is 60.7 Å². The molecule has 1 unspecified atom stereocenters. The van der Waals surface area contributed by atoms with Gasteiger partial charge in [-0.15, -0.1) is 11.3 Å².